The van der Waals surface area contributed by atoms with E-state index in [9.17, 15) is 9.18 Å². The van der Waals surface area contributed by atoms with E-state index in [1.54, 1.807) is 25.1 Å². The Morgan fingerprint density at radius 2 is 2.00 bits per heavy atom. The number of nitrogen functional groups attached to an aromatic ring is 1. The van der Waals surface area contributed by atoms with Gasteiger partial charge in [0.15, 0.2) is 0 Å². The van der Waals surface area contributed by atoms with Gasteiger partial charge >= 0.3 is 0 Å². The van der Waals surface area contributed by atoms with Gasteiger partial charge in [-0.25, -0.2) is 4.39 Å². The van der Waals surface area contributed by atoms with Crippen molar-refractivity contribution in [2.75, 3.05) is 11.1 Å². The normalized spacial score (nSPS) is 11.9. The molecule has 0 aromatic heterocycles. The number of aryl methyl sites for hydroxylation is 1. The Balaban J connectivity index is 2.17. The Bertz CT molecular complexity index is 640. The topological polar surface area (TPSA) is 55.1 Å². The minimum Gasteiger partial charge on any atom is -0.399 e. The maximum Gasteiger partial charge on any atom is 0.231 e. The molecule has 0 saturated carbocycles. The first-order valence-corrected chi connectivity index (χ1v) is 6.40. The average Bonchev–Trinajstić information content (AvgIpc) is 2.42. The van der Waals surface area contributed by atoms with Crippen LogP contribution in [0.25, 0.3) is 0 Å². The van der Waals surface area contributed by atoms with Gasteiger partial charge in [0.2, 0.25) is 5.91 Å². The van der Waals surface area contributed by atoms with Gasteiger partial charge in [-0.05, 0) is 49.2 Å². The summed E-state index contributed by atoms with van der Waals surface area (Å²) < 4.78 is 13.2. The van der Waals surface area contributed by atoms with E-state index in [2.05, 4.69) is 5.32 Å². The van der Waals surface area contributed by atoms with Gasteiger partial charge in [-0.15, -0.1) is 0 Å². The summed E-state index contributed by atoms with van der Waals surface area (Å²) in [4.78, 5) is 12.2. The number of rotatable bonds is 3. The second-order valence-corrected chi connectivity index (χ2v) is 4.84. The molecule has 0 spiro atoms. The van der Waals surface area contributed by atoms with Crippen LogP contribution in [0.5, 0.6) is 0 Å². The predicted octanol–water partition coefficient (Wildman–Crippen LogP) is 3.46. The molecule has 2 aromatic carbocycles. The summed E-state index contributed by atoms with van der Waals surface area (Å²) in [5, 5.41) is 2.75. The molecule has 0 aliphatic rings. The Kier molecular flexibility index (Phi) is 4.03. The van der Waals surface area contributed by atoms with Crippen LogP contribution < -0.4 is 11.1 Å². The number of carbonyl (C=O) groups is 1. The van der Waals surface area contributed by atoms with Crippen molar-refractivity contribution in [3.05, 3.63) is 59.4 Å². The smallest absolute Gasteiger partial charge is 0.231 e. The molecule has 1 amide bonds. The van der Waals surface area contributed by atoms with Crippen LogP contribution in [0.1, 0.15) is 24.0 Å². The molecular weight excluding hydrogens is 255 g/mol. The zero-order valence-electron chi connectivity index (χ0n) is 11.5. The summed E-state index contributed by atoms with van der Waals surface area (Å²) in [6, 6.07) is 11.5. The molecule has 1 unspecified atom stereocenters. The molecule has 0 bridgehead atoms. The summed E-state index contributed by atoms with van der Waals surface area (Å²) in [7, 11) is 0. The summed E-state index contributed by atoms with van der Waals surface area (Å²) in [5.74, 6) is -0.923. The lowest BCUT2D eigenvalue weighted by atomic mass is 9.99. The van der Waals surface area contributed by atoms with Gasteiger partial charge in [-0.3, -0.25) is 4.79 Å². The second-order valence-electron chi connectivity index (χ2n) is 4.84. The van der Waals surface area contributed by atoms with Gasteiger partial charge in [0.1, 0.15) is 5.82 Å². The summed E-state index contributed by atoms with van der Waals surface area (Å²) in [6.07, 6.45) is 0. The van der Waals surface area contributed by atoms with E-state index >= 15 is 0 Å². The number of anilines is 2. The zero-order chi connectivity index (χ0) is 14.7. The van der Waals surface area contributed by atoms with E-state index in [1.807, 2.05) is 19.1 Å². The van der Waals surface area contributed by atoms with Gasteiger partial charge in [-0.2, -0.15) is 0 Å². The van der Waals surface area contributed by atoms with E-state index in [0.29, 0.717) is 11.4 Å². The van der Waals surface area contributed by atoms with Gasteiger partial charge in [-0.1, -0.05) is 18.2 Å². The molecular formula is C16H17FN2O. The molecule has 0 heterocycles. The van der Waals surface area contributed by atoms with E-state index in [4.69, 9.17) is 5.73 Å². The van der Waals surface area contributed by atoms with Crippen molar-refractivity contribution in [2.45, 2.75) is 19.8 Å². The van der Waals surface area contributed by atoms with Crippen LogP contribution in [0.2, 0.25) is 0 Å². The minimum atomic E-state index is -0.373. The fraction of sp³-hybridized carbons (Fsp3) is 0.188. The highest BCUT2D eigenvalue weighted by Crippen LogP contribution is 2.22. The lowest BCUT2D eigenvalue weighted by Gasteiger charge is -2.14. The summed E-state index contributed by atoms with van der Waals surface area (Å²) >= 11 is 0. The van der Waals surface area contributed by atoms with Crippen molar-refractivity contribution in [3.8, 4) is 0 Å². The van der Waals surface area contributed by atoms with E-state index in [1.165, 1.54) is 12.1 Å². The molecule has 0 saturated heterocycles. The molecule has 20 heavy (non-hydrogen) atoms. The van der Waals surface area contributed by atoms with Crippen LogP contribution in [0.15, 0.2) is 42.5 Å². The molecule has 2 aromatic rings. The summed E-state index contributed by atoms with van der Waals surface area (Å²) in [6.45, 7) is 3.61. The molecule has 2 rings (SSSR count). The molecule has 3 nitrogen and oxygen atoms in total. The number of halogens is 1. The van der Waals surface area contributed by atoms with E-state index < -0.39 is 0 Å². The first kappa shape index (κ1) is 14.1. The standard InChI is InChI=1S/C16H17FN2O/c1-10-6-7-13(17)9-15(10)19-16(20)11(2)12-4-3-5-14(18)8-12/h3-9,11H,18H2,1-2H3,(H,19,20). The maximum atomic E-state index is 13.2. The summed E-state index contributed by atoms with van der Waals surface area (Å²) in [5.41, 5.74) is 8.47. The number of carbonyl (C=O) groups excluding carboxylic acids is 1. The fourth-order valence-corrected chi connectivity index (χ4v) is 1.95. The number of amides is 1. The third-order valence-electron chi connectivity index (χ3n) is 3.26. The van der Waals surface area contributed by atoms with Crippen LogP contribution in [-0.4, -0.2) is 5.91 Å². The molecule has 0 aliphatic carbocycles. The number of hydrogen-bond acceptors (Lipinski definition) is 2. The van der Waals surface area contributed by atoms with E-state index in [-0.39, 0.29) is 17.6 Å². The lowest BCUT2D eigenvalue weighted by Crippen LogP contribution is -2.19. The monoisotopic (exact) mass is 272 g/mol. The van der Waals surface area contributed by atoms with Crippen molar-refractivity contribution in [2.24, 2.45) is 0 Å². The van der Waals surface area contributed by atoms with Crippen LogP contribution in [-0.2, 0) is 4.79 Å². The molecule has 3 N–H and O–H groups in total. The average molecular weight is 272 g/mol. The Labute approximate surface area is 117 Å². The SMILES string of the molecule is Cc1ccc(F)cc1NC(=O)C(C)c1cccc(N)c1. The van der Waals surface area contributed by atoms with Gasteiger partial charge < -0.3 is 11.1 Å². The minimum absolute atomic E-state index is 0.190. The van der Waals surface area contributed by atoms with Gasteiger partial charge in [0, 0.05) is 11.4 Å². The van der Waals surface area contributed by atoms with Crippen LogP contribution in [0.4, 0.5) is 15.8 Å². The predicted molar refractivity (Wildman–Crippen MR) is 79.0 cm³/mol. The lowest BCUT2D eigenvalue weighted by molar-refractivity contribution is -0.117. The first-order valence-electron chi connectivity index (χ1n) is 6.40. The Hall–Kier alpha value is -2.36. The largest absolute Gasteiger partial charge is 0.399 e. The number of nitrogens with two attached hydrogens (primary N) is 1. The van der Waals surface area contributed by atoms with E-state index in [0.717, 1.165) is 11.1 Å². The van der Waals surface area contributed by atoms with Crippen LogP contribution in [0.3, 0.4) is 0 Å². The third kappa shape index (κ3) is 3.15. The zero-order valence-corrected chi connectivity index (χ0v) is 11.5. The quantitative estimate of drug-likeness (QED) is 0.841. The van der Waals surface area contributed by atoms with Gasteiger partial charge in [0.05, 0.1) is 5.92 Å². The molecule has 0 aliphatic heterocycles. The van der Waals surface area contributed by atoms with Gasteiger partial charge in [0.25, 0.3) is 0 Å². The van der Waals surface area contributed by atoms with Crippen molar-refractivity contribution < 1.29 is 9.18 Å². The third-order valence-corrected chi connectivity index (χ3v) is 3.26. The highest BCUT2D eigenvalue weighted by molar-refractivity contribution is 5.96. The first-order chi connectivity index (χ1) is 9.47. The number of benzene rings is 2. The van der Waals surface area contributed by atoms with Crippen molar-refractivity contribution >= 4 is 17.3 Å². The molecule has 0 fully saturated rings. The Morgan fingerprint density at radius 3 is 2.70 bits per heavy atom. The van der Waals surface area contributed by atoms with Crippen molar-refractivity contribution in [3.63, 3.8) is 0 Å². The highest BCUT2D eigenvalue weighted by Gasteiger charge is 2.16. The molecule has 0 radical (unpaired) electrons. The molecule has 104 valence electrons. The van der Waals surface area contributed by atoms with Crippen molar-refractivity contribution in [1.82, 2.24) is 0 Å². The molecule has 1 atom stereocenters. The number of nitrogens with one attached hydrogen (secondary N) is 1. The van der Waals surface area contributed by atoms with Crippen LogP contribution in [0, 0.1) is 12.7 Å². The molecule has 4 heteroatoms. The van der Waals surface area contributed by atoms with Crippen molar-refractivity contribution in [1.29, 1.82) is 0 Å². The Morgan fingerprint density at radius 1 is 1.25 bits per heavy atom. The number of hydrogen-bond donors (Lipinski definition) is 2. The second kappa shape index (κ2) is 5.74. The fourth-order valence-electron chi connectivity index (χ4n) is 1.95. The highest BCUT2D eigenvalue weighted by atomic mass is 19.1. The maximum absolute atomic E-state index is 13.2. The van der Waals surface area contributed by atoms with Crippen LogP contribution >= 0.6 is 0 Å².